The number of primary amides is 1. The van der Waals surface area contributed by atoms with E-state index in [0.717, 1.165) is 25.0 Å². The fourth-order valence-corrected chi connectivity index (χ4v) is 5.73. The number of benzene rings is 2. The highest BCUT2D eigenvalue weighted by Crippen LogP contribution is 2.49. The number of pyridine rings is 1. The average Bonchev–Trinajstić information content (AvgIpc) is 3.69. The largest absolute Gasteiger partial charge is 0.494 e. The second-order valence-corrected chi connectivity index (χ2v) is 12.1. The number of rotatable bonds is 9. The summed E-state index contributed by atoms with van der Waals surface area (Å²) in [6, 6.07) is 5.36. The van der Waals surface area contributed by atoms with E-state index in [1.165, 1.54) is 26.2 Å². The third-order valence-electron chi connectivity index (χ3n) is 8.58. The number of methoxy groups -OCH3 is 1. The van der Waals surface area contributed by atoms with Crippen LogP contribution in [0.4, 0.5) is 22.0 Å². The number of hydrogen-bond acceptors (Lipinski definition) is 7. The van der Waals surface area contributed by atoms with Gasteiger partial charge in [0.05, 0.1) is 29.4 Å². The normalized spacial score (nSPS) is 18.7. The molecule has 2 aliphatic rings. The third kappa shape index (κ3) is 5.12. The first-order chi connectivity index (χ1) is 22.1. The summed E-state index contributed by atoms with van der Waals surface area (Å²) in [7, 11) is 1.35. The van der Waals surface area contributed by atoms with Crippen molar-refractivity contribution in [2.75, 3.05) is 20.3 Å². The number of nitrogens with two attached hydrogens (primary N) is 1. The van der Waals surface area contributed by atoms with Crippen LogP contribution in [0.25, 0.3) is 22.2 Å². The van der Waals surface area contributed by atoms with Crippen molar-refractivity contribution in [2.45, 2.75) is 42.8 Å². The van der Waals surface area contributed by atoms with E-state index in [-0.39, 0.29) is 28.7 Å². The zero-order chi connectivity index (χ0) is 34.1. The van der Waals surface area contributed by atoms with Crippen molar-refractivity contribution in [2.24, 2.45) is 5.73 Å². The van der Waals surface area contributed by atoms with Crippen molar-refractivity contribution in [3.8, 4) is 22.8 Å². The lowest BCUT2D eigenvalue weighted by molar-refractivity contribution is -0.186. The lowest BCUT2D eigenvalue weighted by Gasteiger charge is -2.31. The van der Waals surface area contributed by atoms with E-state index >= 15 is 17.6 Å². The van der Waals surface area contributed by atoms with E-state index in [0.29, 0.717) is 17.0 Å². The first-order valence-electron chi connectivity index (χ1n) is 14.2. The summed E-state index contributed by atoms with van der Waals surface area (Å²) >= 11 is 6.16. The van der Waals surface area contributed by atoms with Gasteiger partial charge in [0.25, 0.3) is 5.91 Å². The molecule has 1 aliphatic heterocycles. The molecule has 1 unspecified atom stereocenters. The predicted octanol–water partition coefficient (Wildman–Crippen LogP) is 4.94. The topological polar surface area (TPSA) is 138 Å². The number of nitrogens with zero attached hydrogens (tertiary/aromatic N) is 3. The summed E-state index contributed by atoms with van der Waals surface area (Å²) in [4.78, 5) is 42.4. The number of halogens is 6. The molecular formula is C31H25ClF5N5O5. The van der Waals surface area contributed by atoms with Gasteiger partial charge in [-0.1, -0.05) is 11.6 Å². The van der Waals surface area contributed by atoms with Gasteiger partial charge in [-0.3, -0.25) is 14.3 Å². The second kappa shape index (κ2) is 11.2. The van der Waals surface area contributed by atoms with Crippen molar-refractivity contribution in [1.29, 1.82) is 0 Å². The summed E-state index contributed by atoms with van der Waals surface area (Å²) in [6.07, 6.45) is -2.33. The highest BCUT2D eigenvalue weighted by atomic mass is 35.5. The fourth-order valence-electron chi connectivity index (χ4n) is 5.49. The number of alkyl halides is 3. The van der Waals surface area contributed by atoms with Crippen LogP contribution >= 0.6 is 11.6 Å². The average molecular weight is 678 g/mol. The van der Waals surface area contributed by atoms with Gasteiger partial charge in [0.1, 0.15) is 41.0 Å². The Morgan fingerprint density at radius 2 is 1.96 bits per heavy atom. The minimum atomic E-state index is -5.42. The highest BCUT2D eigenvalue weighted by molar-refractivity contribution is 6.33. The van der Waals surface area contributed by atoms with Gasteiger partial charge < -0.3 is 25.3 Å². The predicted molar refractivity (Wildman–Crippen MR) is 157 cm³/mol. The zero-order valence-corrected chi connectivity index (χ0v) is 25.4. The van der Waals surface area contributed by atoms with E-state index in [1.54, 1.807) is 10.9 Å². The smallest absolute Gasteiger partial charge is 0.408 e. The molecule has 3 N–H and O–H groups in total. The van der Waals surface area contributed by atoms with Gasteiger partial charge in [0.15, 0.2) is 17.0 Å². The molecule has 1 fully saturated rings. The van der Waals surface area contributed by atoms with Crippen LogP contribution in [0, 0.1) is 11.6 Å². The Morgan fingerprint density at radius 1 is 1.23 bits per heavy atom. The summed E-state index contributed by atoms with van der Waals surface area (Å²) in [6.45, 7) is -0.590. The highest BCUT2D eigenvalue weighted by Gasteiger charge is 2.59. The van der Waals surface area contributed by atoms with E-state index in [9.17, 15) is 18.8 Å². The number of fused-ring (bicyclic) bond motifs is 2. The van der Waals surface area contributed by atoms with Crippen LogP contribution < -0.4 is 20.5 Å². The molecule has 0 spiro atoms. The zero-order valence-electron chi connectivity index (χ0n) is 24.7. The van der Waals surface area contributed by atoms with Crippen LogP contribution in [0.3, 0.4) is 0 Å². The Kier molecular flexibility index (Phi) is 7.65. The van der Waals surface area contributed by atoms with E-state index < -0.39 is 81.9 Å². The van der Waals surface area contributed by atoms with Crippen molar-refractivity contribution in [3.05, 3.63) is 70.0 Å². The van der Waals surface area contributed by atoms with Gasteiger partial charge in [0, 0.05) is 29.3 Å². The van der Waals surface area contributed by atoms with Gasteiger partial charge in [-0.15, -0.1) is 0 Å². The number of ether oxygens (including phenoxy) is 2. The van der Waals surface area contributed by atoms with Crippen molar-refractivity contribution in [1.82, 2.24) is 20.1 Å². The number of carbonyl (C=O) groups is 3. The maximum atomic E-state index is 15.2. The van der Waals surface area contributed by atoms with Crippen LogP contribution in [0.5, 0.6) is 11.5 Å². The summed E-state index contributed by atoms with van der Waals surface area (Å²) in [5, 5.41) is 6.69. The Bertz CT molecular complexity index is 1980. The third-order valence-corrected chi connectivity index (χ3v) is 8.90. The maximum absolute atomic E-state index is 15.2. The van der Waals surface area contributed by atoms with Gasteiger partial charge in [-0.05, 0) is 50.1 Å². The quantitative estimate of drug-likeness (QED) is 0.145. The number of aldehydes is 1. The number of carbonyl (C=O) groups excluding carboxylic acids is 3. The standard InChI is InChI=1S/C31H25ClF5N5O5/c1-29(28(38)45)13-47-26-17(29)9-21(40-25(26)22-18(32)5-6-19(33)23(22)34)30(12-43,31(35,36)37)11-39-27(44)14-7-15-10-42(16-3-4-16)41-24(15)20(8-14)46-2/h5-10,12,16H,3-4,11,13H2,1-2H3,(H2,38,45)(H,39,44)/t29-,30?/m0/s1. The number of nitrogens with one attached hydrogen (secondary N) is 1. The summed E-state index contributed by atoms with van der Waals surface area (Å²) in [5.41, 5.74) is -2.17. The van der Waals surface area contributed by atoms with E-state index in [4.69, 9.17) is 26.8 Å². The van der Waals surface area contributed by atoms with Gasteiger partial charge in [0.2, 0.25) is 5.91 Å². The Morgan fingerprint density at radius 3 is 2.57 bits per heavy atom. The maximum Gasteiger partial charge on any atom is 0.408 e. The Labute approximate surface area is 268 Å². The molecule has 246 valence electrons. The molecule has 2 aromatic heterocycles. The first kappa shape index (κ1) is 32.2. The molecule has 0 radical (unpaired) electrons. The molecule has 16 heteroatoms. The molecule has 2 atom stereocenters. The number of aromatic nitrogens is 3. The van der Waals surface area contributed by atoms with E-state index in [1.807, 2.05) is 0 Å². The minimum Gasteiger partial charge on any atom is -0.494 e. The van der Waals surface area contributed by atoms with Crippen LogP contribution in [-0.2, 0) is 20.4 Å². The van der Waals surface area contributed by atoms with Crippen LogP contribution in [0.1, 0.15) is 47.4 Å². The fraction of sp³-hybridized carbons (Fsp3) is 0.323. The van der Waals surface area contributed by atoms with Crippen molar-refractivity contribution < 1.29 is 45.8 Å². The molecule has 6 rings (SSSR count). The van der Waals surface area contributed by atoms with Gasteiger partial charge >= 0.3 is 6.18 Å². The Hall–Kier alpha value is -4.79. The van der Waals surface area contributed by atoms with Crippen LogP contribution in [0.2, 0.25) is 5.02 Å². The van der Waals surface area contributed by atoms with Crippen molar-refractivity contribution in [3.63, 3.8) is 0 Å². The molecule has 3 heterocycles. The molecule has 2 amide bonds. The molecule has 0 saturated heterocycles. The molecule has 4 aromatic rings. The first-order valence-corrected chi connectivity index (χ1v) is 14.5. The number of hydrogen-bond donors (Lipinski definition) is 2. The lowest BCUT2D eigenvalue weighted by Crippen LogP contribution is -2.53. The summed E-state index contributed by atoms with van der Waals surface area (Å²) < 4.78 is 87.3. The molecule has 10 nitrogen and oxygen atoms in total. The molecule has 1 aliphatic carbocycles. The van der Waals surface area contributed by atoms with Crippen LogP contribution in [-0.4, -0.2) is 59.3 Å². The lowest BCUT2D eigenvalue weighted by atomic mass is 9.78. The summed E-state index contributed by atoms with van der Waals surface area (Å²) in [5.74, 6) is -5.15. The van der Waals surface area contributed by atoms with Gasteiger partial charge in [-0.2, -0.15) is 18.3 Å². The van der Waals surface area contributed by atoms with Gasteiger partial charge in [-0.25, -0.2) is 13.8 Å². The number of amides is 2. The monoisotopic (exact) mass is 677 g/mol. The molecule has 0 bridgehead atoms. The molecule has 1 saturated carbocycles. The van der Waals surface area contributed by atoms with Crippen molar-refractivity contribution >= 4 is 40.6 Å². The second-order valence-electron chi connectivity index (χ2n) is 11.7. The Balaban J connectivity index is 1.47. The SMILES string of the molecule is COc1cc(C(=O)NCC(C=O)(c2cc3c(c(-c4c(Cl)ccc(F)c4F)n2)OC[C@]3(C)C(N)=O)C(F)(F)F)cc2cn(C3CC3)nc12. The van der Waals surface area contributed by atoms with E-state index in [2.05, 4.69) is 15.4 Å². The minimum absolute atomic E-state index is 0.0856. The molecule has 2 aromatic carbocycles. The molecule has 47 heavy (non-hydrogen) atoms. The van der Waals surface area contributed by atoms with Crippen LogP contribution in [0.15, 0.2) is 36.5 Å². The molecular weight excluding hydrogens is 653 g/mol.